The Balaban J connectivity index is 3.52. The lowest BCUT2D eigenvalue weighted by Gasteiger charge is -2.38. The van der Waals surface area contributed by atoms with Gasteiger partial charge in [0.15, 0.2) is 8.32 Å². The van der Waals surface area contributed by atoms with Crippen LogP contribution in [0.5, 0.6) is 0 Å². The smallest absolute Gasteiger partial charge is 0.314 e. The molecule has 0 rings (SSSR count). The molecule has 5 heteroatoms. The zero-order valence-corrected chi connectivity index (χ0v) is 25.8. The van der Waals surface area contributed by atoms with Crippen molar-refractivity contribution in [3.05, 3.63) is 0 Å². The van der Waals surface area contributed by atoms with Gasteiger partial charge in [0.1, 0.15) is 0 Å². The predicted molar refractivity (Wildman–Crippen MR) is 158 cm³/mol. The number of rotatable bonds is 25. The Morgan fingerprint density at radius 3 is 1.34 bits per heavy atom. The highest BCUT2D eigenvalue weighted by molar-refractivity contribution is 6.76. The summed E-state index contributed by atoms with van der Waals surface area (Å²) in [5, 5.41) is 6.08. The Bertz CT molecular complexity index is 463. The molecule has 2 amide bonds. The zero-order chi connectivity index (χ0) is 26.2. The van der Waals surface area contributed by atoms with Crippen LogP contribution in [-0.2, 0) is 4.43 Å². The molecular formula is C30H64N2O2Si. The Morgan fingerprint density at radius 2 is 0.971 bits per heavy atom. The summed E-state index contributed by atoms with van der Waals surface area (Å²) < 4.78 is 6.34. The highest BCUT2D eigenvalue weighted by Gasteiger charge is 2.40. The van der Waals surface area contributed by atoms with Crippen LogP contribution in [0.2, 0.25) is 17.1 Å². The summed E-state index contributed by atoms with van der Waals surface area (Å²) in [6.07, 6.45) is 23.0. The Morgan fingerprint density at radius 1 is 0.600 bits per heavy atom. The van der Waals surface area contributed by atoms with Crippen LogP contribution in [0.3, 0.4) is 0 Å². The summed E-state index contributed by atoms with van der Waals surface area (Å²) in [5.41, 5.74) is 1.21. The highest BCUT2D eigenvalue weighted by Crippen LogP contribution is 2.37. The van der Waals surface area contributed by atoms with Gasteiger partial charge in [0.2, 0.25) is 0 Å². The second-order valence-electron chi connectivity index (χ2n) is 11.3. The van der Waals surface area contributed by atoms with Gasteiger partial charge in [0, 0.05) is 19.7 Å². The standard InChI is InChI=1S/C30H64N2O2Si/c1-7-9-10-11-12-13-14-15-16-17-18-19-20-21-22-23-25-31-30(33)32-26-24-27-35(28(3)4,29(5)6)34-8-2/h28-29H,7-27H2,1-6H3,(H2,31,32,33). The molecule has 0 saturated heterocycles. The molecule has 0 aromatic carbocycles. The third kappa shape index (κ3) is 18.4. The molecule has 0 aliphatic carbocycles. The van der Waals surface area contributed by atoms with Crippen LogP contribution < -0.4 is 10.6 Å². The molecule has 0 aliphatic heterocycles. The molecule has 0 heterocycles. The van der Waals surface area contributed by atoms with Crippen LogP contribution in [0.25, 0.3) is 0 Å². The molecule has 210 valence electrons. The van der Waals surface area contributed by atoms with Gasteiger partial charge < -0.3 is 15.1 Å². The number of hydrogen-bond acceptors (Lipinski definition) is 2. The normalized spacial score (nSPS) is 12.0. The highest BCUT2D eigenvalue weighted by atomic mass is 28.4. The summed E-state index contributed by atoms with van der Waals surface area (Å²) in [6, 6.07) is 1.11. The van der Waals surface area contributed by atoms with E-state index >= 15 is 0 Å². The molecule has 0 saturated carbocycles. The summed E-state index contributed by atoms with van der Waals surface area (Å²) in [7, 11) is -1.76. The van der Waals surface area contributed by atoms with Crippen molar-refractivity contribution < 1.29 is 9.22 Å². The lowest BCUT2D eigenvalue weighted by atomic mass is 10.0. The van der Waals surface area contributed by atoms with Gasteiger partial charge in [-0.25, -0.2) is 4.79 Å². The van der Waals surface area contributed by atoms with Crippen LogP contribution in [0.1, 0.15) is 151 Å². The number of carbonyl (C=O) groups is 1. The topological polar surface area (TPSA) is 50.4 Å². The molecule has 0 bridgehead atoms. The van der Waals surface area contributed by atoms with Crippen molar-refractivity contribution in [1.29, 1.82) is 0 Å². The Kier molecular flexibility index (Phi) is 23.4. The fourth-order valence-electron chi connectivity index (χ4n) is 5.42. The van der Waals surface area contributed by atoms with E-state index in [2.05, 4.69) is 52.2 Å². The molecule has 0 atom stereocenters. The second kappa shape index (κ2) is 23.8. The van der Waals surface area contributed by atoms with Crippen LogP contribution in [-0.4, -0.2) is 34.0 Å². The van der Waals surface area contributed by atoms with Crippen molar-refractivity contribution in [1.82, 2.24) is 10.6 Å². The molecule has 2 N–H and O–H groups in total. The number of nitrogens with one attached hydrogen (secondary N) is 2. The minimum atomic E-state index is -1.76. The van der Waals surface area contributed by atoms with Crippen LogP contribution in [0.15, 0.2) is 0 Å². The van der Waals surface area contributed by atoms with E-state index < -0.39 is 8.32 Å². The molecule has 35 heavy (non-hydrogen) atoms. The van der Waals surface area contributed by atoms with Crippen LogP contribution in [0, 0.1) is 0 Å². The molecular weight excluding hydrogens is 448 g/mol. The number of unbranched alkanes of at least 4 members (excludes halogenated alkanes) is 15. The molecule has 0 aromatic rings. The second-order valence-corrected chi connectivity index (χ2v) is 16.3. The van der Waals surface area contributed by atoms with Crippen molar-refractivity contribution in [3.8, 4) is 0 Å². The van der Waals surface area contributed by atoms with Gasteiger partial charge in [-0.3, -0.25) is 0 Å². The largest absolute Gasteiger partial charge is 0.417 e. The fraction of sp³-hybridized carbons (Fsp3) is 0.967. The van der Waals surface area contributed by atoms with Gasteiger partial charge in [0.05, 0.1) is 0 Å². The first kappa shape index (κ1) is 34.4. The van der Waals surface area contributed by atoms with Gasteiger partial charge in [-0.15, -0.1) is 0 Å². The summed E-state index contributed by atoms with van der Waals surface area (Å²) in [5.74, 6) is 0. The monoisotopic (exact) mass is 512 g/mol. The molecule has 0 unspecified atom stereocenters. The van der Waals surface area contributed by atoms with E-state index in [1.54, 1.807) is 0 Å². The molecule has 0 aromatic heterocycles. The molecule has 0 fully saturated rings. The first-order chi connectivity index (χ1) is 16.9. The molecule has 0 spiro atoms. The van der Waals surface area contributed by atoms with E-state index in [-0.39, 0.29) is 6.03 Å². The lowest BCUT2D eigenvalue weighted by molar-refractivity contribution is 0.240. The van der Waals surface area contributed by atoms with E-state index in [4.69, 9.17) is 4.43 Å². The maximum Gasteiger partial charge on any atom is 0.314 e. The first-order valence-corrected chi connectivity index (χ1v) is 17.8. The summed E-state index contributed by atoms with van der Waals surface area (Å²) in [4.78, 5) is 12.1. The van der Waals surface area contributed by atoms with Crippen LogP contribution in [0.4, 0.5) is 4.79 Å². The first-order valence-electron chi connectivity index (χ1n) is 15.6. The third-order valence-electron chi connectivity index (χ3n) is 7.71. The average molecular weight is 513 g/mol. The van der Waals surface area contributed by atoms with Gasteiger partial charge in [-0.1, -0.05) is 131 Å². The van der Waals surface area contributed by atoms with Gasteiger partial charge >= 0.3 is 6.03 Å². The van der Waals surface area contributed by atoms with Gasteiger partial charge in [0.25, 0.3) is 0 Å². The van der Waals surface area contributed by atoms with E-state index in [1.807, 2.05) is 0 Å². The van der Waals surface area contributed by atoms with E-state index in [0.717, 1.165) is 38.6 Å². The minimum Gasteiger partial charge on any atom is -0.417 e. The van der Waals surface area contributed by atoms with E-state index in [1.165, 1.54) is 96.3 Å². The third-order valence-corrected chi connectivity index (χ3v) is 13.6. The number of amides is 2. The van der Waals surface area contributed by atoms with Crippen LogP contribution >= 0.6 is 0 Å². The van der Waals surface area contributed by atoms with Gasteiger partial charge in [-0.05, 0) is 36.9 Å². The van der Waals surface area contributed by atoms with E-state index in [0.29, 0.717) is 11.1 Å². The molecule has 0 aliphatic rings. The van der Waals surface area contributed by atoms with Gasteiger partial charge in [-0.2, -0.15) is 0 Å². The quantitative estimate of drug-likeness (QED) is 0.0944. The van der Waals surface area contributed by atoms with Crippen molar-refractivity contribution >= 4 is 14.3 Å². The SMILES string of the molecule is CCCCCCCCCCCCCCCCCCNC(=O)NCCC[Si](OCC)(C(C)C)C(C)C. The number of carbonyl (C=O) groups excluding carboxylic acids is 1. The lowest BCUT2D eigenvalue weighted by Crippen LogP contribution is -2.45. The summed E-state index contributed by atoms with van der Waals surface area (Å²) >= 11 is 0. The van der Waals surface area contributed by atoms with E-state index in [9.17, 15) is 4.79 Å². The maximum absolute atomic E-state index is 12.1. The molecule has 4 nitrogen and oxygen atoms in total. The zero-order valence-electron chi connectivity index (χ0n) is 24.8. The minimum absolute atomic E-state index is 0.0104. The maximum atomic E-state index is 12.1. The molecule has 0 radical (unpaired) electrons. The van der Waals surface area contributed by atoms with Crippen molar-refractivity contribution in [2.24, 2.45) is 0 Å². The van der Waals surface area contributed by atoms with Crippen molar-refractivity contribution in [2.75, 3.05) is 19.7 Å². The average Bonchev–Trinajstić information content (AvgIpc) is 2.82. The summed E-state index contributed by atoms with van der Waals surface area (Å²) in [6.45, 7) is 16.0. The Hall–Kier alpha value is -0.553. The predicted octanol–water partition coefficient (Wildman–Crippen LogP) is 9.74. The Labute approximate surface area is 221 Å². The fourth-order valence-corrected chi connectivity index (χ4v) is 9.99. The van der Waals surface area contributed by atoms with Crippen molar-refractivity contribution in [2.45, 2.75) is 168 Å². The number of hydrogen-bond donors (Lipinski definition) is 2. The number of urea groups is 1. The van der Waals surface area contributed by atoms with Crippen molar-refractivity contribution in [3.63, 3.8) is 0 Å².